The Kier molecular flexibility index (Phi) is 6.15. The molecule has 1 aliphatic heterocycles. The molecule has 0 atom stereocenters. The van der Waals surface area contributed by atoms with Crippen molar-refractivity contribution in [3.8, 4) is 5.75 Å². The fourth-order valence-electron chi connectivity index (χ4n) is 2.57. The SMILES string of the molecule is CCN1C(=O)S/C(=C/c2ccc(OCc3cccc([N+](=O)[O-])c3)c(Br)c2)C1=O. The molecule has 0 unspecified atom stereocenters. The maximum Gasteiger partial charge on any atom is 0.293 e. The summed E-state index contributed by atoms with van der Waals surface area (Å²) in [5.74, 6) is 0.268. The summed E-state index contributed by atoms with van der Waals surface area (Å²) in [6, 6.07) is 11.5. The molecule has 1 aliphatic rings. The van der Waals surface area contributed by atoms with Gasteiger partial charge in [0.15, 0.2) is 0 Å². The highest BCUT2D eigenvalue weighted by atomic mass is 79.9. The quantitative estimate of drug-likeness (QED) is 0.341. The van der Waals surface area contributed by atoms with E-state index in [-0.39, 0.29) is 23.4 Å². The molecule has 2 aromatic carbocycles. The first-order chi connectivity index (χ1) is 13.4. The summed E-state index contributed by atoms with van der Waals surface area (Å²) < 4.78 is 6.40. The van der Waals surface area contributed by atoms with Gasteiger partial charge in [0.25, 0.3) is 16.8 Å². The summed E-state index contributed by atoms with van der Waals surface area (Å²) in [6.45, 7) is 2.27. The summed E-state index contributed by atoms with van der Waals surface area (Å²) in [7, 11) is 0. The molecule has 0 radical (unpaired) electrons. The molecule has 1 fully saturated rings. The van der Waals surface area contributed by atoms with Crippen molar-refractivity contribution >= 4 is 50.6 Å². The van der Waals surface area contributed by atoms with E-state index < -0.39 is 4.92 Å². The van der Waals surface area contributed by atoms with E-state index in [0.717, 1.165) is 17.3 Å². The van der Waals surface area contributed by atoms with Gasteiger partial charge in [0.1, 0.15) is 12.4 Å². The second kappa shape index (κ2) is 8.57. The standard InChI is InChI=1S/C19H15BrN2O5S/c1-2-21-18(23)17(28-19(21)24)10-12-6-7-16(15(20)9-12)27-11-13-4-3-5-14(8-13)22(25)26/h3-10H,2,11H2,1H3/b17-10+. The fourth-order valence-corrected chi connectivity index (χ4v) is 3.98. The number of imide groups is 1. The predicted octanol–water partition coefficient (Wildman–Crippen LogP) is 4.99. The molecule has 0 aliphatic carbocycles. The Bertz CT molecular complexity index is 992. The number of benzene rings is 2. The van der Waals surface area contributed by atoms with Gasteiger partial charge in [-0.25, -0.2) is 0 Å². The average molecular weight is 463 g/mol. The van der Waals surface area contributed by atoms with E-state index in [1.807, 2.05) is 0 Å². The molecule has 28 heavy (non-hydrogen) atoms. The molecule has 1 heterocycles. The second-order valence-electron chi connectivity index (χ2n) is 5.83. The lowest BCUT2D eigenvalue weighted by Gasteiger charge is -2.09. The van der Waals surface area contributed by atoms with Crippen LogP contribution >= 0.6 is 27.7 Å². The Morgan fingerprint density at radius 3 is 2.68 bits per heavy atom. The number of nitro groups is 1. The van der Waals surface area contributed by atoms with Crippen LogP contribution in [-0.4, -0.2) is 27.5 Å². The van der Waals surface area contributed by atoms with Crippen LogP contribution in [0, 0.1) is 10.1 Å². The molecule has 9 heteroatoms. The van der Waals surface area contributed by atoms with Crippen molar-refractivity contribution in [2.75, 3.05) is 6.54 Å². The number of nitrogens with zero attached hydrogens (tertiary/aromatic N) is 2. The van der Waals surface area contributed by atoms with E-state index in [2.05, 4.69) is 15.9 Å². The van der Waals surface area contributed by atoms with Gasteiger partial charge in [0.05, 0.1) is 14.3 Å². The zero-order valence-electron chi connectivity index (χ0n) is 14.8. The van der Waals surface area contributed by atoms with Crippen molar-refractivity contribution < 1.29 is 19.2 Å². The molecule has 7 nitrogen and oxygen atoms in total. The molecule has 3 rings (SSSR count). The van der Waals surface area contributed by atoms with Gasteiger partial charge in [0.2, 0.25) is 0 Å². The van der Waals surface area contributed by atoms with E-state index in [9.17, 15) is 19.7 Å². The van der Waals surface area contributed by atoms with E-state index in [1.165, 1.54) is 17.0 Å². The van der Waals surface area contributed by atoms with Crippen LogP contribution in [0.15, 0.2) is 51.8 Å². The lowest BCUT2D eigenvalue weighted by atomic mass is 10.2. The first kappa shape index (κ1) is 20.1. The topological polar surface area (TPSA) is 89.8 Å². The summed E-state index contributed by atoms with van der Waals surface area (Å²) >= 11 is 4.35. The number of halogens is 1. The third-order valence-corrected chi connectivity index (χ3v) is 5.49. The van der Waals surface area contributed by atoms with E-state index >= 15 is 0 Å². The van der Waals surface area contributed by atoms with Gasteiger partial charge in [-0.05, 0) is 64.0 Å². The van der Waals surface area contributed by atoms with Crippen molar-refractivity contribution in [1.29, 1.82) is 0 Å². The van der Waals surface area contributed by atoms with Gasteiger partial charge < -0.3 is 4.74 Å². The van der Waals surface area contributed by atoms with Crippen molar-refractivity contribution in [2.24, 2.45) is 0 Å². The minimum atomic E-state index is -0.450. The normalized spacial score (nSPS) is 15.4. The van der Waals surface area contributed by atoms with Crippen LogP contribution in [0.5, 0.6) is 5.75 Å². The first-order valence-electron chi connectivity index (χ1n) is 8.30. The number of thioether (sulfide) groups is 1. The number of nitro benzene ring substituents is 1. The zero-order chi connectivity index (χ0) is 20.3. The lowest BCUT2D eigenvalue weighted by molar-refractivity contribution is -0.384. The Hall–Kier alpha value is -2.65. The largest absolute Gasteiger partial charge is 0.488 e. The molecule has 0 N–H and O–H groups in total. The van der Waals surface area contributed by atoms with Crippen LogP contribution < -0.4 is 4.74 Å². The van der Waals surface area contributed by atoms with Gasteiger partial charge in [-0.2, -0.15) is 0 Å². The summed E-state index contributed by atoms with van der Waals surface area (Å²) in [5, 5.41) is 10.6. The van der Waals surface area contributed by atoms with Gasteiger partial charge >= 0.3 is 0 Å². The number of amides is 2. The molecule has 2 amide bonds. The van der Waals surface area contributed by atoms with E-state index in [1.54, 1.807) is 43.3 Å². The number of ether oxygens (including phenoxy) is 1. The highest BCUT2D eigenvalue weighted by Crippen LogP contribution is 2.33. The highest BCUT2D eigenvalue weighted by molar-refractivity contribution is 9.10. The number of carbonyl (C=O) groups is 2. The molecular weight excluding hydrogens is 448 g/mol. The first-order valence-corrected chi connectivity index (χ1v) is 9.91. The van der Waals surface area contributed by atoms with Crippen molar-refractivity contribution in [2.45, 2.75) is 13.5 Å². The fraction of sp³-hybridized carbons (Fsp3) is 0.158. The van der Waals surface area contributed by atoms with Crippen LogP contribution in [0.3, 0.4) is 0 Å². The van der Waals surface area contributed by atoms with Crippen LogP contribution in [-0.2, 0) is 11.4 Å². The smallest absolute Gasteiger partial charge is 0.293 e. The lowest BCUT2D eigenvalue weighted by Crippen LogP contribution is -2.27. The minimum Gasteiger partial charge on any atom is -0.488 e. The Morgan fingerprint density at radius 2 is 2.04 bits per heavy atom. The Balaban J connectivity index is 1.72. The second-order valence-corrected chi connectivity index (χ2v) is 7.68. The predicted molar refractivity (Wildman–Crippen MR) is 110 cm³/mol. The van der Waals surface area contributed by atoms with Gasteiger partial charge in [-0.3, -0.25) is 24.6 Å². The van der Waals surface area contributed by atoms with Gasteiger partial charge in [0, 0.05) is 18.7 Å². The molecule has 144 valence electrons. The van der Waals surface area contributed by atoms with Crippen LogP contribution in [0.25, 0.3) is 6.08 Å². The molecule has 1 saturated heterocycles. The number of rotatable bonds is 6. The van der Waals surface area contributed by atoms with E-state index in [0.29, 0.717) is 27.2 Å². The summed E-state index contributed by atoms with van der Waals surface area (Å²) in [6.07, 6.45) is 1.66. The van der Waals surface area contributed by atoms with Crippen LogP contribution in [0.2, 0.25) is 0 Å². The molecular formula is C19H15BrN2O5S. The van der Waals surface area contributed by atoms with Gasteiger partial charge in [-0.15, -0.1) is 0 Å². The monoisotopic (exact) mass is 462 g/mol. The number of hydrogen-bond acceptors (Lipinski definition) is 6. The average Bonchev–Trinajstić information content (AvgIpc) is 2.94. The van der Waals surface area contributed by atoms with E-state index in [4.69, 9.17) is 4.74 Å². The van der Waals surface area contributed by atoms with Crippen LogP contribution in [0.1, 0.15) is 18.1 Å². The number of non-ortho nitro benzene ring substituents is 1. The summed E-state index contributed by atoms with van der Waals surface area (Å²) in [5.41, 5.74) is 1.44. The number of carbonyl (C=O) groups excluding carboxylic acids is 2. The summed E-state index contributed by atoms with van der Waals surface area (Å²) in [4.78, 5) is 35.9. The molecule has 0 saturated carbocycles. The molecule has 2 aromatic rings. The zero-order valence-corrected chi connectivity index (χ0v) is 17.2. The minimum absolute atomic E-state index is 0.0107. The maximum absolute atomic E-state index is 12.2. The number of hydrogen-bond donors (Lipinski definition) is 0. The number of likely N-dealkylation sites (N-methyl/N-ethyl adjacent to an activating group) is 1. The Morgan fingerprint density at radius 1 is 1.25 bits per heavy atom. The van der Waals surface area contributed by atoms with Crippen LogP contribution in [0.4, 0.5) is 10.5 Å². The van der Waals surface area contributed by atoms with Crippen molar-refractivity contribution in [3.63, 3.8) is 0 Å². The third-order valence-electron chi connectivity index (χ3n) is 3.96. The third kappa shape index (κ3) is 4.42. The highest BCUT2D eigenvalue weighted by Gasteiger charge is 2.33. The Labute approximate surface area is 173 Å². The van der Waals surface area contributed by atoms with Crippen molar-refractivity contribution in [1.82, 2.24) is 4.90 Å². The van der Waals surface area contributed by atoms with Crippen molar-refractivity contribution in [3.05, 3.63) is 73.1 Å². The molecule has 0 bridgehead atoms. The molecule has 0 spiro atoms. The molecule has 0 aromatic heterocycles. The van der Waals surface area contributed by atoms with Gasteiger partial charge in [-0.1, -0.05) is 18.2 Å². The maximum atomic E-state index is 12.2.